The highest BCUT2D eigenvalue weighted by Gasteiger charge is 2.03. The molecule has 1 N–H and O–H groups in total. The molecule has 0 amide bonds. The highest BCUT2D eigenvalue weighted by molar-refractivity contribution is 5.66. The highest BCUT2D eigenvalue weighted by Crippen LogP contribution is 2.19. The lowest BCUT2D eigenvalue weighted by Gasteiger charge is -1.91. The van der Waals surface area contributed by atoms with Gasteiger partial charge in [-0.15, -0.1) is 0 Å². The number of aromatic nitrogens is 1. The monoisotopic (exact) mass is 189 g/mol. The zero-order valence-corrected chi connectivity index (χ0v) is 9.46. The Hall–Kier alpha value is -1.24. The van der Waals surface area contributed by atoms with Crippen LogP contribution in [0, 0.1) is 12.8 Å². The second kappa shape index (κ2) is 4.85. The van der Waals surface area contributed by atoms with Crippen LogP contribution in [0.3, 0.4) is 0 Å². The summed E-state index contributed by atoms with van der Waals surface area (Å²) in [7, 11) is 0. The van der Waals surface area contributed by atoms with Crippen LogP contribution in [0.1, 0.15) is 37.7 Å². The van der Waals surface area contributed by atoms with E-state index >= 15 is 0 Å². The van der Waals surface area contributed by atoms with E-state index in [0.717, 1.165) is 0 Å². The fourth-order valence-electron chi connectivity index (χ4n) is 1.48. The van der Waals surface area contributed by atoms with E-state index in [2.05, 4.69) is 49.2 Å². The molecule has 0 saturated carbocycles. The summed E-state index contributed by atoms with van der Waals surface area (Å²) in [6.07, 6.45) is 8.77. The van der Waals surface area contributed by atoms with E-state index in [1.807, 2.05) is 13.8 Å². The van der Waals surface area contributed by atoms with Crippen LogP contribution in [0.2, 0.25) is 0 Å². The van der Waals surface area contributed by atoms with E-state index in [0.29, 0.717) is 5.92 Å². The molecule has 0 aliphatic heterocycles. The smallest absolute Gasteiger partial charge is 0.0452 e. The maximum Gasteiger partial charge on any atom is 0.0452 e. The minimum absolute atomic E-state index is 0.547. The zero-order valence-electron chi connectivity index (χ0n) is 9.46. The number of hydrogen-bond donors (Lipinski definition) is 1. The molecule has 14 heavy (non-hydrogen) atoms. The average molecular weight is 189 g/mol. The normalized spacial score (nSPS) is 18.1. The van der Waals surface area contributed by atoms with Gasteiger partial charge in [0.1, 0.15) is 0 Å². The van der Waals surface area contributed by atoms with Gasteiger partial charge < -0.3 is 4.98 Å². The minimum atomic E-state index is 0.547. The van der Waals surface area contributed by atoms with E-state index in [-0.39, 0.29) is 0 Å². The standard InChI is InChI=1S/C11H13N.C2H6/c1-8-3-5-10-7-9(2)12-11(10)6-4-8;1-2/h3-8,12H,1-2H3;1-2H3. The molecule has 1 nitrogen and oxygen atoms in total. The van der Waals surface area contributed by atoms with Gasteiger partial charge in [-0.2, -0.15) is 0 Å². The zero-order chi connectivity index (χ0) is 10.6. The Bertz CT molecular complexity index is 311. The second-order valence-electron chi connectivity index (χ2n) is 3.40. The molecule has 1 aromatic heterocycles. The van der Waals surface area contributed by atoms with E-state index in [1.54, 1.807) is 0 Å². The van der Waals surface area contributed by atoms with Crippen LogP contribution in [-0.4, -0.2) is 4.98 Å². The molecule has 0 spiro atoms. The fraction of sp³-hybridized carbons (Fsp3) is 0.385. The van der Waals surface area contributed by atoms with Crippen molar-refractivity contribution in [3.63, 3.8) is 0 Å². The summed E-state index contributed by atoms with van der Waals surface area (Å²) in [6.45, 7) is 8.27. The first-order valence-electron chi connectivity index (χ1n) is 5.32. The van der Waals surface area contributed by atoms with Gasteiger partial charge in [0, 0.05) is 11.4 Å². The van der Waals surface area contributed by atoms with Crippen molar-refractivity contribution in [2.75, 3.05) is 0 Å². The first kappa shape index (κ1) is 10.8. The molecular weight excluding hydrogens is 170 g/mol. The van der Waals surface area contributed by atoms with Crippen LogP contribution < -0.4 is 0 Å². The molecule has 1 heterocycles. The number of allylic oxidation sites excluding steroid dienone is 2. The summed E-state index contributed by atoms with van der Waals surface area (Å²) < 4.78 is 0. The summed E-state index contributed by atoms with van der Waals surface area (Å²) in [6, 6.07) is 2.17. The van der Waals surface area contributed by atoms with Crippen molar-refractivity contribution >= 4 is 12.2 Å². The Morgan fingerprint density at radius 1 is 1.14 bits per heavy atom. The summed E-state index contributed by atoms with van der Waals surface area (Å²) in [5, 5.41) is 0. The molecule has 76 valence electrons. The fourth-order valence-corrected chi connectivity index (χ4v) is 1.48. The van der Waals surface area contributed by atoms with Crippen molar-refractivity contribution in [3.8, 4) is 0 Å². The van der Waals surface area contributed by atoms with Crippen LogP contribution in [0.4, 0.5) is 0 Å². The molecule has 0 aromatic carbocycles. The molecule has 0 fully saturated rings. The van der Waals surface area contributed by atoms with E-state index < -0.39 is 0 Å². The first-order chi connectivity index (χ1) is 6.75. The third-order valence-electron chi connectivity index (χ3n) is 2.16. The van der Waals surface area contributed by atoms with Crippen molar-refractivity contribution in [1.29, 1.82) is 0 Å². The van der Waals surface area contributed by atoms with Gasteiger partial charge >= 0.3 is 0 Å². The van der Waals surface area contributed by atoms with Crippen molar-refractivity contribution in [3.05, 3.63) is 35.2 Å². The van der Waals surface area contributed by atoms with Gasteiger partial charge in [-0.25, -0.2) is 0 Å². The molecule has 2 rings (SSSR count). The number of rotatable bonds is 0. The SMILES string of the molecule is CC.Cc1cc2c([nH]1)C=CC(C)C=C2. The maximum absolute atomic E-state index is 3.32. The predicted molar refractivity (Wildman–Crippen MR) is 64.1 cm³/mol. The lowest BCUT2D eigenvalue weighted by molar-refractivity contribution is 0.953. The van der Waals surface area contributed by atoms with Gasteiger partial charge in [-0.3, -0.25) is 0 Å². The largest absolute Gasteiger partial charge is 0.359 e. The Balaban J connectivity index is 0.000000461. The summed E-state index contributed by atoms with van der Waals surface area (Å²) >= 11 is 0. The van der Waals surface area contributed by atoms with E-state index in [1.165, 1.54) is 17.0 Å². The average Bonchev–Trinajstić information content (AvgIpc) is 2.47. The van der Waals surface area contributed by atoms with Gasteiger partial charge in [0.2, 0.25) is 0 Å². The third kappa shape index (κ3) is 2.38. The molecule has 1 aliphatic rings. The van der Waals surface area contributed by atoms with Crippen LogP contribution in [0.15, 0.2) is 18.2 Å². The van der Waals surface area contributed by atoms with Crippen LogP contribution in [0.5, 0.6) is 0 Å². The highest BCUT2D eigenvalue weighted by atomic mass is 14.7. The topological polar surface area (TPSA) is 15.8 Å². The molecule has 0 saturated heterocycles. The maximum atomic E-state index is 3.32. The molecule has 1 atom stereocenters. The van der Waals surface area contributed by atoms with Crippen molar-refractivity contribution in [2.24, 2.45) is 5.92 Å². The molecular formula is C13H19N. The lowest BCUT2D eigenvalue weighted by Crippen LogP contribution is -1.78. The quantitative estimate of drug-likeness (QED) is 0.634. The number of aromatic amines is 1. The summed E-state index contributed by atoms with van der Waals surface area (Å²) in [5.41, 5.74) is 3.75. The van der Waals surface area contributed by atoms with Crippen molar-refractivity contribution < 1.29 is 0 Å². The van der Waals surface area contributed by atoms with Gasteiger partial charge in [0.15, 0.2) is 0 Å². The van der Waals surface area contributed by atoms with Gasteiger partial charge in [-0.05, 0) is 30.5 Å². The number of fused-ring (bicyclic) bond motifs is 1. The van der Waals surface area contributed by atoms with E-state index in [9.17, 15) is 0 Å². The number of aryl methyl sites for hydroxylation is 1. The molecule has 0 bridgehead atoms. The van der Waals surface area contributed by atoms with Crippen LogP contribution >= 0.6 is 0 Å². The summed E-state index contributed by atoms with van der Waals surface area (Å²) in [5.74, 6) is 0.547. The number of hydrogen-bond acceptors (Lipinski definition) is 0. The number of nitrogens with one attached hydrogen (secondary N) is 1. The Labute approximate surface area is 86.5 Å². The Morgan fingerprint density at radius 3 is 2.50 bits per heavy atom. The van der Waals surface area contributed by atoms with Crippen molar-refractivity contribution in [2.45, 2.75) is 27.7 Å². The lowest BCUT2D eigenvalue weighted by atomic mass is 10.1. The third-order valence-corrected chi connectivity index (χ3v) is 2.16. The van der Waals surface area contributed by atoms with E-state index in [4.69, 9.17) is 0 Å². The van der Waals surface area contributed by atoms with Crippen molar-refractivity contribution in [1.82, 2.24) is 4.98 Å². The van der Waals surface area contributed by atoms with Gasteiger partial charge in [0.05, 0.1) is 0 Å². The molecule has 1 unspecified atom stereocenters. The van der Waals surface area contributed by atoms with Gasteiger partial charge in [-0.1, -0.05) is 39.0 Å². The molecule has 1 aliphatic carbocycles. The Kier molecular flexibility index (Phi) is 3.75. The predicted octanol–water partition coefficient (Wildman–Crippen LogP) is 4.03. The first-order valence-corrected chi connectivity index (χ1v) is 5.32. The molecule has 1 heteroatoms. The number of H-pyrrole nitrogens is 1. The molecule has 1 aromatic rings. The molecule has 0 radical (unpaired) electrons. The van der Waals surface area contributed by atoms with Crippen LogP contribution in [-0.2, 0) is 0 Å². The minimum Gasteiger partial charge on any atom is -0.359 e. The Morgan fingerprint density at radius 2 is 1.79 bits per heavy atom. The van der Waals surface area contributed by atoms with Gasteiger partial charge in [0.25, 0.3) is 0 Å². The van der Waals surface area contributed by atoms with Crippen LogP contribution in [0.25, 0.3) is 12.2 Å². The summed E-state index contributed by atoms with van der Waals surface area (Å²) in [4.78, 5) is 3.32. The second-order valence-corrected chi connectivity index (χ2v) is 3.40.